The molecule has 2 aromatic heterocycles. The van der Waals surface area contributed by atoms with Crippen LogP contribution in [0, 0.1) is 10.1 Å². The van der Waals surface area contributed by atoms with Crippen LogP contribution in [0.2, 0.25) is 0 Å². The number of hydrogen-bond acceptors (Lipinski definition) is 7. The van der Waals surface area contributed by atoms with Gasteiger partial charge in [0.25, 0.3) is 11.2 Å². The molecule has 0 atom stereocenters. The highest BCUT2D eigenvalue weighted by Gasteiger charge is 2.26. The molecule has 178 valence electrons. The van der Waals surface area contributed by atoms with E-state index in [1.807, 2.05) is 18.2 Å². The molecule has 0 saturated carbocycles. The van der Waals surface area contributed by atoms with Gasteiger partial charge in [-0.1, -0.05) is 30.3 Å². The summed E-state index contributed by atoms with van der Waals surface area (Å²) < 4.78 is 8.02. The van der Waals surface area contributed by atoms with E-state index in [4.69, 9.17) is 9.72 Å². The van der Waals surface area contributed by atoms with Gasteiger partial charge in [0.1, 0.15) is 11.4 Å². The average molecular weight is 481 g/mol. The molecule has 0 bridgehead atoms. The van der Waals surface area contributed by atoms with Crippen molar-refractivity contribution >= 4 is 22.6 Å². The van der Waals surface area contributed by atoms with E-state index < -0.39 is 16.5 Å². The van der Waals surface area contributed by atoms with Crippen LogP contribution in [-0.4, -0.2) is 36.8 Å². The minimum Gasteiger partial charge on any atom is -0.462 e. The summed E-state index contributed by atoms with van der Waals surface area (Å²) in [4.78, 5) is 42.3. The van der Waals surface area contributed by atoms with E-state index in [9.17, 15) is 19.7 Å². The fourth-order valence-corrected chi connectivity index (χ4v) is 3.92. The molecule has 0 aliphatic carbocycles. The lowest BCUT2D eigenvalue weighted by Gasteiger charge is -2.17. The van der Waals surface area contributed by atoms with Gasteiger partial charge in [-0.05, 0) is 43.3 Å². The Labute approximate surface area is 204 Å². The molecule has 0 amide bonds. The Bertz CT molecular complexity index is 1660. The van der Waals surface area contributed by atoms with E-state index in [0.29, 0.717) is 22.2 Å². The Morgan fingerprint density at radius 2 is 1.69 bits per heavy atom. The number of hydrogen-bond donors (Lipinski definition) is 0. The molecule has 5 aromatic rings. The SMILES string of the molecule is CCOC(=O)c1cnn(-c2ccccc2)c1-n1c(-c2ccc([N+](=O)[O-])cc2)nc2ccccc2c1=O. The first-order chi connectivity index (χ1) is 17.5. The monoisotopic (exact) mass is 481 g/mol. The number of nitro groups is 1. The van der Waals surface area contributed by atoms with Gasteiger partial charge in [0.05, 0.1) is 34.3 Å². The number of non-ortho nitro benzene ring substituents is 1. The molecule has 0 radical (unpaired) electrons. The first-order valence-corrected chi connectivity index (χ1v) is 11.1. The maximum absolute atomic E-state index is 13.9. The van der Waals surface area contributed by atoms with Crippen LogP contribution in [0.25, 0.3) is 33.8 Å². The van der Waals surface area contributed by atoms with Gasteiger partial charge in [0.2, 0.25) is 0 Å². The third-order valence-electron chi connectivity index (χ3n) is 5.56. The summed E-state index contributed by atoms with van der Waals surface area (Å²) >= 11 is 0. The normalized spacial score (nSPS) is 10.9. The van der Waals surface area contributed by atoms with Gasteiger partial charge in [-0.25, -0.2) is 19.0 Å². The number of nitro benzene ring substituents is 1. The number of esters is 1. The van der Waals surface area contributed by atoms with E-state index in [-0.39, 0.29) is 29.5 Å². The molecule has 0 saturated heterocycles. The molecule has 3 aromatic carbocycles. The van der Waals surface area contributed by atoms with Crippen molar-refractivity contribution in [1.29, 1.82) is 0 Å². The topological polar surface area (TPSA) is 122 Å². The highest BCUT2D eigenvalue weighted by Crippen LogP contribution is 2.27. The van der Waals surface area contributed by atoms with Crippen LogP contribution in [0.15, 0.2) is 89.9 Å². The van der Waals surface area contributed by atoms with Crippen LogP contribution < -0.4 is 5.56 Å². The van der Waals surface area contributed by atoms with Gasteiger partial charge in [-0.3, -0.25) is 14.9 Å². The molecule has 10 nitrogen and oxygen atoms in total. The first-order valence-electron chi connectivity index (χ1n) is 11.1. The largest absolute Gasteiger partial charge is 0.462 e. The number of rotatable bonds is 6. The standard InChI is InChI=1S/C26H19N5O5/c1-2-36-26(33)21-16-27-30(18-8-4-3-5-9-18)24(21)29-23(17-12-14-19(15-13-17)31(34)35)28-22-11-7-6-10-20(22)25(29)32/h3-16H,2H2,1H3. The predicted molar refractivity (Wildman–Crippen MR) is 133 cm³/mol. The average Bonchev–Trinajstić information content (AvgIpc) is 3.34. The Hall–Kier alpha value is -5.12. The molecular weight excluding hydrogens is 462 g/mol. The lowest BCUT2D eigenvalue weighted by Crippen LogP contribution is -2.26. The second kappa shape index (κ2) is 9.26. The number of ether oxygens (including phenoxy) is 1. The molecule has 36 heavy (non-hydrogen) atoms. The number of carbonyl (C=O) groups excluding carboxylic acids is 1. The van der Waals surface area contributed by atoms with E-state index in [1.54, 1.807) is 43.3 Å². The van der Waals surface area contributed by atoms with Crippen LogP contribution in [0.3, 0.4) is 0 Å². The second-order valence-electron chi connectivity index (χ2n) is 7.75. The molecule has 10 heteroatoms. The van der Waals surface area contributed by atoms with E-state index in [0.717, 1.165) is 0 Å². The lowest BCUT2D eigenvalue weighted by molar-refractivity contribution is -0.384. The number of benzene rings is 3. The number of aromatic nitrogens is 4. The molecule has 0 spiro atoms. The van der Waals surface area contributed by atoms with Crippen molar-refractivity contribution < 1.29 is 14.5 Å². The van der Waals surface area contributed by atoms with Crippen molar-refractivity contribution in [2.75, 3.05) is 6.61 Å². The third-order valence-corrected chi connectivity index (χ3v) is 5.56. The number of fused-ring (bicyclic) bond motifs is 1. The molecule has 0 unspecified atom stereocenters. The summed E-state index contributed by atoms with van der Waals surface area (Å²) in [6, 6.07) is 21.6. The quantitative estimate of drug-likeness (QED) is 0.201. The van der Waals surface area contributed by atoms with Gasteiger partial charge >= 0.3 is 5.97 Å². The first kappa shape index (κ1) is 22.7. The number of carbonyl (C=O) groups is 1. The fourth-order valence-electron chi connectivity index (χ4n) is 3.92. The molecular formula is C26H19N5O5. The molecule has 0 aliphatic rings. The predicted octanol–water partition coefficient (Wildman–Crippen LogP) is 4.32. The third kappa shape index (κ3) is 3.90. The van der Waals surface area contributed by atoms with Gasteiger partial charge in [-0.2, -0.15) is 5.10 Å². The maximum atomic E-state index is 13.9. The summed E-state index contributed by atoms with van der Waals surface area (Å²) in [6.07, 6.45) is 1.35. The van der Waals surface area contributed by atoms with Crippen molar-refractivity contribution in [2.24, 2.45) is 0 Å². The van der Waals surface area contributed by atoms with Crippen LogP contribution in [-0.2, 0) is 4.74 Å². The summed E-state index contributed by atoms with van der Waals surface area (Å²) in [6.45, 7) is 1.82. The zero-order valence-electron chi connectivity index (χ0n) is 19.1. The van der Waals surface area contributed by atoms with Crippen molar-refractivity contribution in [3.8, 4) is 22.9 Å². The number of para-hydroxylation sites is 2. The zero-order chi connectivity index (χ0) is 25.2. The van der Waals surface area contributed by atoms with Gasteiger partial charge in [0, 0.05) is 17.7 Å². The van der Waals surface area contributed by atoms with Gasteiger partial charge < -0.3 is 4.74 Å². The Morgan fingerprint density at radius 3 is 2.39 bits per heavy atom. The molecule has 0 N–H and O–H groups in total. The lowest BCUT2D eigenvalue weighted by atomic mass is 10.1. The van der Waals surface area contributed by atoms with E-state index in [1.165, 1.54) is 39.7 Å². The van der Waals surface area contributed by atoms with Crippen LogP contribution >= 0.6 is 0 Å². The van der Waals surface area contributed by atoms with Crippen molar-refractivity contribution in [3.63, 3.8) is 0 Å². The Balaban J connectivity index is 1.88. The highest BCUT2D eigenvalue weighted by atomic mass is 16.6. The Morgan fingerprint density at radius 1 is 1.00 bits per heavy atom. The van der Waals surface area contributed by atoms with Crippen LogP contribution in [0.1, 0.15) is 17.3 Å². The fraction of sp³-hybridized carbons (Fsp3) is 0.0769. The van der Waals surface area contributed by atoms with Crippen LogP contribution in [0.4, 0.5) is 5.69 Å². The van der Waals surface area contributed by atoms with Crippen molar-refractivity contribution in [1.82, 2.24) is 19.3 Å². The van der Waals surface area contributed by atoms with Crippen LogP contribution in [0.5, 0.6) is 0 Å². The highest BCUT2D eigenvalue weighted by molar-refractivity contribution is 5.93. The molecule has 0 aliphatic heterocycles. The van der Waals surface area contributed by atoms with E-state index >= 15 is 0 Å². The minimum absolute atomic E-state index is 0.0723. The Kier molecular flexibility index (Phi) is 5.83. The second-order valence-corrected chi connectivity index (χ2v) is 7.75. The van der Waals surface area contributed by atoms with Gasteiger partial charge in [-0.15, -0.1) is 0 Å². The maximum Gasteiger partial charge on any atom is 0.343 e. The number of nitrogens with zero attached hydrogens (tertiary/aromatic N) is 5. The van der Waals surface area contributed by atoms with E-state index in [2.05, 4.69) is 5.10 Å². The molecule has 2 heterocycles. The summed E-state index contributed by atoms with van der Waals surface area (Å²) in [7, 11) is 0. The minimum atomic E-state index is -0.649. The molecule has 5 rings (SSSR count). The zero-order valence-corrected chi connectivity index (χ0v) is 19.1. The smallest absolute Gasteiger partial charge is 0.343 e. The molecule has 0 fully saturated rings. The summed E-state index contributed by atoms with van der Waals surface area (Å²) in [5.74, 6) is -0.308. The van der Waals surface area contributed by atoms with Gasteiger partial charge in [0.15, 0.2) is 5.82 Å². The van der Waals surface area contributed by atoms with Crippen molar-refractivity contribution in [3.05, 3.63) is 111 Å². The summed E-state index contributed by atoms with van der Waals surface area (Å²) in [5.41, 5.74) is 1.03. The summed E-state index contributed by atoms with van der Waals surface area (Å²) in [5, 5.41) is 15.9. The van der Waals surface area contributed by atoms with Crippen molar-refractivity contribution in [2.45, 2.75) is 6.92 Å².